The molecule has 0 unspecified atom stereocenters. The van der Waals surface area contributed by atoms with E-state index in [1.165, 1.54) is 6.33 Å². The Hall–Kier alpha value is -2.50. The summed E-state index contributed by atoms with van der Waals surface area (Å²) in [5.74, 6) is 0.780. The third-order valence-corrected chi connectivity index (χ3v) is 2.52. The molecule has 0 radical (unpaired) electrons. The molecule has 6 heteroatoms. The Bertz CT molecular complexity index is 660. The van der Waals surface area contributed by atoms with E-state index in [1.54, 1.807) is 12.5 Å². The molecule has 0 aliphatic heterocycles. The first-order valence-corrected chi connectivity index (χ1v) is 5.17. The van der Waals surface area contributed by atoms with Crippen LogP contribution in [0.1, 0.15) is 0 Å². The van der Waals surface area contributed by atoms with Crippen molar-refractivity contribution >= 4 is 17.0 Å². The number of aromatic amines is 1. The van der Waals surface area contributed by atoms with Crippen molar-refractivity contribution in [1.29, 1.82) is 0 Å². The van der Waals surface area contributed by atoms with Crippen LogP contribution in [0.2, 0.25) is 0 Å². The van der Waals surface area contributed by atoms with Crippen molar-refractivity contribution < 1.29 is 0 Å². The van der Waals surface area contributed by atoms with Crippen LogP contribution in [-0.2, 0) is 0 Å². The number of imidazole rings is 1. The molecule has 3 aromatic rings. The first-order chi connectivity index (χ1) is 8.40. The van der Waals surface area contributed by atoms with E-state index in [0.717, 1.165) is 22.6 Å². The third-order valence-electron chi connectivity index (χ3n) is 2.52. The molecular formula is C11H10N6. The molecular weight excluding hydrogens is 216 g/mol. The molecule has 3 heterocycles. The number of hydrogen-bond acceptors (Lipinski definition) is 5. The Morgan fingerprint density at radius 1 is 1.18 bits per heavy atom. The number of pyridine rings is 1. The fourth-order valence-corrected chi connectivity index (χ4v) is 1.76. The van der Waals surface area contributed by atoms with Gasteiger partial charge in [0.1, 0.15) is 23.4 Å². The molecule has 84 valence electrons. The highest BCUT2D eigenvalue weighted by Crippen LogP contribution is 2.27. The lowest BCUT2D eigenvalue weighted by atomic mass is 10.1. The summed E-state index contributed by atoms with van der Waals surface area (Å²) in [5.41, 5.74) is 3.19. The van der Waals surface area contributed by atoms with Crippen LogP contribution >= 0.6 is 0 Å². The number of hydrogen-bond donors (Lipinski definition) is 2. The van der Waals surface area contributed by atoms with Crippen molar-refractivity contribution in [2.24, 2.45) is 0 Å². The number of H-pyrrole nitrogens is 1. The second-order valence-corrected chi connectivity index (χ2v) is 3.47. The van der Waals surface area contributed by atoms with E-state index in [1.807, 2.05) is 19.2 Å². The maximum Gasteiger partial charge on any atom is 0.181 e. The lowest BCUT2D eigenvalue weighted by Crippen LogP contribution is -1.97. The van der Waals surface area contributed by atoms with Crippen LogP contribution in [0.25, 0.3) is 22.4 Å². The first kappa shape index (κ1) is 9.71. The van der Waals surface area contributed by atoms with Crippen molar-refractivity contribution in [3.8, 4) is 11.3 Å². The van der Waals surface area contributed by atoms with Gasteiger partial charge >= 0.3 is 0 Å². The normalized spacial score (nSPS) is 10.6. The predicted molar refractivity (Wildman–Crippen MR) is 64.5 cm³/mol. The average molecular weight is 226 g/mol. The first-order valence-electron chi connectivity index (χ1n) is 5.17. The Balaban J connectivity index is 2.30. The third kappa shape index (κ3) is 1.50. The van der Waals surface area contributed by atoms with Crippen molar-refractivity contribution in [2.45, 2.75) is 0 Å². The van der Waals surface area contributed by atoms with E-state index in [0.29, 0.717) is 5.65 Å². The Morgan fingerprint density at radius 2 is 2.12 bits per heavy atom. The van der Waals surface area contributed by atoms with Gasteiger partial charge in [-0.25, -0.2) is 19.9 Å². The molecule has 0 fully saturated rings. The van der Waals surface area contributed by atoms with Gasteiger partial charge in [-0.05, 0) is 12.1 Å². The summed E-state index contributed by atoms with van der Waals surface area (Å²) in [6.45, 7) is 0. The zero-order valence-electron chi connectivity index (χ0n) is 9.18. The molecule has 0 bridgehead atoms. The van der Waals surface area contributed by atoms with Gasteiger partial charge in [-0.3, -0.25) is 0 Å². The largest absolute Gasteiger partial charge is 0.373 e. The van der Waals surface area contributed by atoms with Crippen LogP contribution in [0.4, 0.5) is 5.82 Å². The molecule has 0 aliphatic rings. The van der Waals surface area contributed by atoms with Crippen LogP contribution in [0.15, 0.2) is 31.0 Å². The smallest absolute Gasteiger partial charge is 0.181 e. The maximum absolute atomic E-state index is 4.30. The predicted octanol–water partition coefficient (Wildman–Crippen LogP) is 1.46. The fourth-order valence-electron chi connectivity index (χ4n) is 1.76. The van der Waals surface area contributed by atoms with Gasteiger partial charge in [-0.1, -0.05) is 0 Å². The van der Waals surface area contributed by atoms with Gasteiger partial charge in [0.05, 0.1) is 6.33 Å². The summed E-state index contributed by atoms with van der Waals surface area (Å²) in [6, 6.07) is 3.84. The zero-order chi connectivity index (χ0) is 11.7. The molecule has 0 atom stereocenters. The highest BCUT2D eigenvalue weighted by molar-refractivity contribution is 5.90. The summed E-state index contributed by atoms with van der Waals surface area (Å²) in [4.78, 5) is 19.8. The molecule has 3 aromatic heterocycles. The molecule has 6 nitrogen and oxygen atoms in total. The lowest BCUT2D eigenvalue weighted by Gasteiger charge is -2.06. The van der Waals surface area contributed by atoms with Gasteiger partial charge in [0.15, 0.2) is 5.65 Å². The van der Waals surface area contributed by atoms with Gasteiger partial charge in [0.25, 0.3) is 0 Å². The molecule has 0 aliphatic carbocycles. The maximum atomic E-state index is 4.30. The van der Waals surface area contributed by atoms with Crippen LogP contribution in [-0.4, -0.2) is 32.0 Å². The highest BCUT2D eigenvalue weighted by atomic mass is 15.0. The second kappa shape index (κ2) is 3.82. The highest BCUT2D eigenvalue weighted by Gasteiger charge is 2.11. The van der Waals surface area contributed by atoms with Crippen LogP contribution in [0.5, 0.6) is 0 Å². The number of nitrogens with zero attached hydrogens (tertiary/aromatic N) is 4. The average Bonchev–Trinajstić information content (AvgIpc) is 2.86. The summed E-state index contributed by atoms with van der Waals surface area (Å²) in [6.07, 6.45) is 4.85. The van der Waals surface area contributed by atoms with Gasteiger partial charge in [0.2, 0.25) is 0 Å². The van der Waals surface area contributed by atoms with Gasteiger partial charge in [-0.2, -0.15) is 0 Å². The molecule has 2 N–H and O–H groups in total. The van der Waals surface area contributed by atoms with Crippen LogP contribution < -0.4 is 5.32 Å². The second-order valence-electron chi connectivity index (χ2n) is 3.47. The number of anilines is 1. The monoisotopic (exact) mass is 226 g/mol. The minimum Gasteiger partial charge on any atom is -0.373 e. The molecule has 3 rings (SSSR count). The lowest BCUT2D eigenvalue weighted by molar-refractivity contribution is 1.19. The molecule has 17 heavy (non-hydrogen) atoms. The van der Waals surface area contributed by atoms with Crippen molar-refractivity contribution in [3.63, 3.8) is 0 Å². The number of fused-ring (bicyclic) bond motifs is 1. The number of rotatable bonds is 2. The number of nitrogens with one attached hydrogen (secondary N) is 2. The van der Waals surface area contributed by atoms with E-state index in [4.69, 9.17) is 0 Å². The summed E-state index contributed by atoms with van der Waals surface area (Å²) in [7, 11) is 1.83. The Morgan fingerprint density at radius 3 is 3.00 bits per heavy atom. The van der Waals surface area contributed by atoms with Crippen LogP contribution in [0, 0.1) is 0 Å². The Labute approximate surface area is 97.2 Å². The zero-order valence-corrected chi connectivity index (χ0v) is 9.18. The minimum atomic E-state index is 0.654. The Kier molecular flexibility index (Phi) is 2.18. The van der Waals surface area contributed by atoms with Gasteiger partial charge in [0, 0.05) is 18.8 Å². The molecule has 0 amide bonds. The molecule has 0 spiro atoms. The standard InChI is InChI=1S/C11H10N6/c1-12-10-7(3-2-4-13-10)8-9-11(16-5-14-8)17-6-15-9/h2-6H,1H3,(H,12,13)(H,14,15,16,17). The van der Waals surface area contributed by atoms with E-state index in [9.17, 15) is 0 Å². The van der Waals surface area contributed by atoms with Crippen molar-refractivity contribution in [1.82, 2.24) is 24.9 Å². The molecule has 0 saturated carbocycles. The van der Waals surface area contributed by atoms with Crippen LogP contribution in [0.3, 0.4) is 0 Å². The minimum absolute atomic E-state index is 0.654. The van der Waals surface area contributed by atoms with E-state index >= 15 is 0 Å². The summed E-state index contributed by atoms with van der Waals surface area (Å²) in [5, 5.41) is 3.05. The topological polar surface area (TPSA) is 79.4 Å². The quantitative estimate of drug-likeness (QED) is 0.691. The van der Waals surface area contributed by atoms with Crippen molar-refractivity contribution in [2.75, 3.05) is 12.4 Å². The SMILES string of the molecule is CNc1ncccc1-c1ncnc2nc[nH]c12. The van der Waals surface area contributed by atoms with E-state index < -0.39 is 0 Å². The summed E-state index contributed by atoms with van der Waals surface area (Å²) >= 11 is 0. The summed E-state index contributed by atoms with van der Waals surface area (Å²) < 4.78 is 0. The van der Waals surface area contributed by atoms with E-state index in [2.05, 4.69) is 30.2 Å². The number of aromatic nitrogens is 5. The fraction of sp³-hybridized carbons (Fsp3) is 0.0909. The van der Waals surface area contributed by atoms with Crippen molar-refractivity contribution in [3.05, 3.63) is 31.0 Å². The van der Waals surface area contributed by atoms with Gasteiger partial charge < -0.3 is 10.3 Å². The molecule has 0 aromatic carbocycles. The van der Waals surface area contributed by atoms with E-state index in [-0.39, 0.29) is 0 Å². The van der Waals surface area contributed by atoms with Gasteiger partial charge in [-0.15, -0.1) is 0 Å². The molecule has 0 saturated heterocycles.